The highest BCUT2D eigenvalue weighted by atomic mass is 16.3. The first-order valence-electron chi connectivity index (χ1n) is 3.73. The summed E-state index contributed by atoms with van der Waals surface area (Å²) in [7, 11) is 0. The predicted molar refractivity (Wildman–Crippen MR) is 46.6 cm³/mol. The molecular weight excluding hydrogens is 138 g/mol. The van der Waals surface area contributed by atoms with E-state index >= 15 is 0 Å². The maximum atomic E-state index is 9.33. The number of hydrogen-bond acceptors (Lipinski definition) is 2. The molecule has 0 radical (unpaired) electrons. The van der Waals surface area contributed by atoms with Gasteiger partial charge in [0.1, 0.15) is 5.75 Å². The average Bonchev–Trinajstić information content (AvgIpc) is 1.96. The maximum Gasteiger partial charge on any atom is 0.120 e. The maximum absolute atomic E-state index is 9.33. The third-order valence-electron chi connectivity index (χ3n) is 1.89. The van der Waals surface area contributed by atoms with Gasteiger partial charge in [0.2, 0.25) is 0 Å². The Labute approximate surface area is 66.7 Å². The SMILES string of the molecule is CCc1cc(N)cc(O)c1C. The van der Waals surface area contributed by atoms with Gasteiger partial charge < -0.3 is 10.8 Å². The van der Waals surface area contributed by atoms with Crippen LogP contribution in [-0.4, -0.2) is 5.11 Å². The van der Waals surface area contributed by atoms with E-state index in [9.17, 15) is 5.11 Å². The van der Waals surface area contributed by atoms with E-state index in [4.69, 9.17) is 5.73 Å². The first-order valence-corrected chi connectivity index (χ1v) is 3.73. The number of phenolic OH excluding ortho intramolecular Hbond substituents is 1. The summed E-state index contributed by atoms with van der Waals surface area (Å²) >= 11 is 0. The van der Waals surface area contributed by atoms with E-state index in [0.717, 1.165) is 17.5 Å². The van der Waals surface area contributed by atoms with Crippen LogP contribution in [0.5, 0.6) is 5.75 Å². The van der Waals surface area contributed by atoms with Gasteiger partial charge in [-0.2, -0.15) is 0 Å². The lowest BCUT2D eigenvalue weighted by Crippen LogP contribution is -1.91. The number of phenols is 1. The Morgan fingerprint density at radius 3 is 2.64 bits per heavy atom. The number of aromatic hydroxyl groups is 1. The zero-order valence-electron chi connectivity index (χ0n) is 6.89. The van der Waals surface area contributed by atoms with Gasteiger partial charge in [-0.1, -0.05) is 6.92 Å². The minimum Gasteiger partial charge on any atom is -0.508 e. The molecule has 2 nitrogen and oxygen atoms in total. The second-order valence-electron chi connectivity index (χ2n) is 2.68. The second-order valence-corrected chi connectivity index (χ2v) is 2.68. The van der Waals surface area contributed by atoms with Crippen LogP contribution >= 0.6 is 0 Å². The molecule has 0 saturated heterocycles. The molecular formula is C9H13NO. The molecule has 1 rings (SSSR count). The van der Waals surface area contributed by atoms with Crippen LogP contribution in [0.4, 0.5) is 5.69 Å². The van der Waals surface area contributed by atoms with Crippen LogP contribution in [0.2, 0.25) is 0 Å². The molecule has 0 aliphatic rings. The highest BCUT2D eigenvalue weighted by molar-refractivity contribution is 5.51. The number of anilines is 1. The van der Waals surface area contributed by atoms with E-state index in [0.29, 0.717) is 11.4 Å². The van der Waals surface area contributed by atoms with E-state index in [-0.39, 0.29) is 0 Å². The third-order valence-corrected chi connectivity index (χ3v) is 1.89. The van der Waals surface area contributed by atoms with Gasteiger partial charge in [-0.3, -0.25) is 0 Å². The summed E-state index contributed by atoms with van der Waals surface area (Å²) in [5.74, 6) is 0.293. The van der Waals surface area contributed by atoms with Crippen molar-refractivity contribution >= 4 is 5.69 Å². The van der Waals surface area contributed by atoms with Crippen molar-refractivity contribution in [2.45, 2.75) is 20.3 Å². The normalized spacial score (nSPS) is 10.0. The summed E-state index contributed by atoms with van der Waals surface area (Å²) in [5.41, 5.74) is 8.22. The summed E-state index contributed by atoms with van der Waals surface area (Å²) < 4.78 is 0. The predicted octanol–water partition coefficient (Wildman–Crippen LogP) is 1.85. The molecule has 0 aliphatic heterocycles. The van der Waals surface area contributed by atoms with Crippen molar-refractivity contribution in [3.05, 3.63) is 23.3 Å². The van der Waals surface area contributed by atoms with Crippen molar-refractivity contribution in [1.82, 2.24) is 0 Å². The van der Waals surface area contributed by atoms with Gasteiger partial charge in [-0.15, -0.1) is 0 Å². The Bertz CT molecular complexity index is 269. The van der Waals surface area contributed by atoms with Gasteiger partial charge in [0, 0.05) is 11.8 Å². The lowest BCUT2D eigenvalue weighted by Gasteiger charge is -2.06. The Balaban J connectivity index is 3.24. The van der Waals surface area contributed by atoms with Crippen LogP contribution < -0.4 is 5.73 Å². The smallest absolute Gasteiger partial charge is 0.120 e. The molecule has 11 heavy (non-hydrogen) atoms. The van der Waals surface area contributed by atoms with E-state index in [2.05, 4.69) is 0 Å². The zero-order valence-corrected chi connectivity index (χ0v) is 6.89. The van der Waals surface area contributed by atoms with Crippen LogP contribution in [0.3, 0.4) is 0 Å². The van der Waals surface area contributed by atoms with E-state index in [1.54, 1.807) is 6.07 Å². The minimum absolute atomic E-state index is 0.293. The monoisotopic (exact) mass is 151 g/mol. The molecule has 0 atom stereocenters. The molecule has 0 unspecified atom stereocenters. The standard InChI is InChI=1S/C9H13NO/c1-3-7-4-8(10)5-9(11)6(7)2/h4-5,11H,3,10H2,1-2H3. The fourth-order valence-electron chi connectivity index (χ4n) is 1.15. The van der Waals surface area contributed by atoms with Crippen molar-refractivity contribution in [1.29, 1.82) is 0 Å². The largest absolute Gasteiger partial charge is 0.508 e. The van der Waals surface area contributed by atoms with Crippen molar-refractivity contribution < 1.29 is 5.11 Å². The van der Waals surface area contributed by atoms with E-state index in [1.807, 2.05) is 19.9 Å². The van der Waals surface area contributed by atoms with Gasteiger partial charge in [-0.25, -0.2) is 0 Å². The van der Waals surface area contributed by atoms with Crippen molar-refractivity contribution in [2.75, 3.05) is 5.73 Å². The van der Waals surface area contributed by atoms with Crippen LogP contribution in [0.1, 0.15) is 18.1 Å². The lowest BCUT2D eigenvalue weighted by atomic mass is 10.0. The van der Waals surface area contributed by atoms with Crippen molar-refractivity contribution in [3.8, 4) is 5.75 Å². The van der Waals surface area contributed by atoms with Crippen molar-refractivity contribution in [3.63, 3.8) is 0 Å². The van der Waals surface area contributed by atoms with Crippen LogP contribution in [0, 0.1) is 6.92 Å². The first-order chi connectivity index (χ1) is 5.15. The molecule has 1 aromatic rings. The Kier molecular flexibility index (Phi) is 2.03. The number of nitrogen functional groups attached to an aromatic ring is 1. The van der Waals surface area contributed by atoms with Crippen LogP contribution in [0.15, 0.2) is 12.1 Å². The zero-order chi connectivity index (χ0) is 8.43. The number of aryl methyl sites for hydroxylation is 1. The highest BCUT2D eigenvalue weighted by Gasteiger charge is 2.01. The fraction of sp³-hybridized carbons (Fsp3) is 0.333. The molecule has 0 saturated carbocycles. The molecule has 1 aromatic carbocycles. The third kappa shape index (κ3) is 1.45. The molecule has 0 spiro atoms. The minimum atomic E-state index is 0.293. The second kappa shape index (κ2) is 2.82. The number of hydrogen-bond donors (Lipinski definition) is 2. The first kappa shape index (κ1) is 7.92. The summed E-state index contributed by atoms with van der Waals surface area (Å²) in [6.45, 7) is 3.94. The average molecular weight is 151 g/mol. The Morgan fingerprint density at radius 1 is 1.45 bits per heavy atom. The lowest BCUT2D eigenvalue weighted by molar-refractivity contribution is 0.470. The molecule has 3 N–H and O–H groups in total. The highest BCUT2D eigenvalue weighted by Crippen LogP contribution is 2.23. The summed E-state index contributed by atoms with van der Waals surface area (Å²) in [6.07, 6.45) is 0.907. The summed E-state index contributed by atoms with van der Waals surface area (Å²) in [5, 5.41) is 9.33. The Hall–Kier alpha value is -1.18. The van der Waals surface area contributed by atoms with Gasteiger partial charge >= 0.3 is 0 Å². The molecule has 0 bridgehead atoms. The number of nitrogens with two attached hydrogens (primary N) is 1. The van der Waals surface area contributed by atoms with Crippen LogP contribution in [0.25, 0.3) is 0 Å². The number of rotatable bonds is 1. The molecule has 60 valence electrons. The molecule has 0 heterocycles. The van der Waals surface area contributed by atoms with Gasteiger partial charge in [0.25, 0.3) is 0 Å². The van der Waals surface area contributed by atoms with Crippen LogP contribution in [-0.2, 0) is 6.42 Å². The van der Waals surface area contributed by atoms with E-state index < -0.39 is 0 Å². The molecule has 0 amide bonds. The fourth-order valence-corrected chi connectivity index (χ4v) is 1.15. The molecule has 2 heteroatoms. The number of benzene rings is 1. The van der Waals surface area contributed by atoms with Gasteiger partial charge in [0.15, 0.2) is 0 Å². The van der Waals surface area contributed by atoms with Crippen molar-refractivity contribution in [2.24, 2.45) is 0 Å². The van der Waals surface area contributed by atoms with Gasteiger partial charge in [-0.05, 0) is 30.5 Å². The molecule has 0 fully saturated rings. The van der Waals surface area contributed by atoms with E-state index in [1.165, 1.54) is 0 Å². The summed E-state index contributed by atoms with van der Waals surface area (Å²) in [6, 6.07) is 3.48. The summed E-state index contributed by atoms with van der Waals surface area (Å²) in [4.78, 5) is 0. The Morgan fingerprint density at radius 2 is 2.09 bits per heavy atom. The van der Waals surface area contributed by atoms with Gasteiger partial charge in [0.05, 0.1) is 0 Å². The topological polar surface area (TPSA) is 46.2 Å². The quantitative estimate of drug-likeness (QED) is 0.601. The molecule has 0 aliphatic carbocycles. The molecule has 0 aromatic heterocycles.